The number of hydrogen-bond acceptors (Lipinski definition) is 3. The van der Waals surface area contributed by atoms with Crippen LogP contribution in [0.1, 0.15) is 34.5 Å². The largest absolute Gasteiger partial charge is 0.478 e. The van der Waals surface area contributed by atoms with Gasteiger partial charge in [-0.05, 0) is 31.4 Å². The van der Waals surface area contributed by atoms with E-state index in [4.69, 9.17) is 5.11 Å². The Bertz CT molecular complexity index is 344. The Hall–Kier alpha value is -0.870. The van der Waals surface area contributed by atoms with Crippen molar-refractivity contribution in [2.24, 2.45) is 5.92 Å². The lowest BCUT2D eigenvalue weighted by atomic mass is 9.85. The third kappa shape index (κ3) is 2.79. The number of aromatic carboxylic acids is 1. The van der Waals surface area contributed by atoms with Gasteiger partial charge in [-0.25, -0.2) is 4.79 Å². The van der Waals surface area contributed by atoms with Crippen molar-refractivity contribution >= 4 is 17.3 Å². The highest BCUT2D eigenvalue weighted by Crippen LogP contribution is 2.25. The van der Waals surface area contributed by atoms with Crippen molar-refractivity contribution in [3.8, 4) is 0 Å². The van der Waals surface area contributed by atoms with Gasteiger partial charge in [0.25, 0.3) is 0 Å². The maximum atomic E-state index is 10.6. The number of rotatable bonds is 5. The van der Waals surface area contributed by atoms with Gasteiger partial charge in [0.1, 0.15) is 0 Å². The van der Waals surface area contributed by atoms with Crippen molar-refractivity contribution in [3.05, 3.63) is 21.9 Å². The molecule has 4 heteroatoms. The molecular weight excluding hydrogens is 210 g/mol. The second-order valence-electron chi connectivity index (χ2n) is 4.03. The number of thiophene rings is 1. The molecule has 1 aliphatic carbocycles. The second kappa shape index (κ2) is 4.77. The summed E-state index contributed by atoms with van der Waals surface area (Å²) in [7, 11) is 0. The molecule has 1 aromatic heterocycles. The normalized spacial score (nSPS) is 16.3. The van der Waals surface area contributed by atoms with Crippen LogP contribution in [0, 0.1) is 5.92 Å². The molecule has 1 heterocycles. The van der Waals surface area contributed by atoms with Gasteiger partial charge < -0.3 is 10.4 Å². The molecule has 1 saturated carbocycles. The third-order valence-electron chi connectivity index (χ3n) is 2.86. The molecule has 2 N–H and O–H groups in total. The van der Waals surface area contributed by atoms with Gasteiger partial charge in [0.05, 0.1) is 5.56 Å². The first-order valence-corrected chi connectivity index (χ1v) is 6.15. The van der Waals surface area contributed by atoms with Crippen molar-refractivity contribution in [3.63, 3.8) is 0 Å². The monoisotopic (exact) mass is 225 g/mol. The summed E-state index contributed by atoms with van der Waals surface area (Å²) in [6, 6.07) is 1.75. The fraction of sp³-hybridized carbons (Fsp3) is 0.545. The number of hydrogen-bond donors (Lipinski definition) is 2. The Kier molecular flexibility index (Phi) is 3.38. The summed E-state index contributed by atoms with van der Waals surface area (Å²) >= 11 is 1.51. The first-order chi connectivity index (χ1) is 7.25. The molecule has 0 saturated heterocycles. The SMILES string of the molecule is O=C(O)c1csc(CNCC2CCC2)c1. The smallest absolute Gasteiger partial charge is 0.336 e. The Balaban J connectivity index is 1.75. The van der Waals surface area contributed by atoms with Gasteiger partial charge in [-0.2, -0.15) is 0 Å². The zero-order valence-electron chi connectivity index (χ0n) is 8.53. The summed E-state index contributed by atoms with van der Waals surface area (Å²) < 4.78 is 0. The van der Waals surface area contributed by atoms with Crippen molar-refractivity contribution in [1.82, 2.24) is 5.32 Å². The number of carboxylic acid groups (broad SMARTS) is 1. The Morgan fingerprint density at radius 3 is 2.93 bits per heavy atom. The standard InChI is InChI=1S/C11H15NO2S/c13-11(14)9-4-10(15-7-9)6-12-5-8-2-1-3-8/h4,7-8,12H,1-3,5-6H2,(H,13,14). The molecule has 1 aliphatic rings. The second-order valence-corrected chi connectivity index (χ2v) is 5.03. The minimum atomic E-state index is -0.837. The zero-order valence-corrected chi connectivity index (χ0v) is 9.35. The van der Waals surface area contributed by atoms with Crippen LogP contribution >= 0.6 is 11.3 Å². The van der Waals surface area contributed by atoms with E-state index in [-0.39, 0.29) is 0 Å². The number of carbonyl (C=O) groups is 1. The molecule has 82 valence electrons. The molecule has 0 aromatic carbocycles. The lowest BCUT2D eigenvalue weighted by Crippen LogP contribution is -2.26. The molecule has 0 spiro atoms. The van der Waals surface area contributed by atoms with Crippen molar-refractivity contribution < 1.29 is 9.90 Å². The Morgan fingerprint density at radius 1 is 1.60 bits per heavy atom. The van der Waals surface area contributed by atoms with Gasteiger partial charge in [0.2, 0.25) is 0 Å². The highest BCUT2D eigenvalue weighted by molar-refractivity contribution is 7.10. The summed E-state index contributed by atoms with van der Waals surface area (Å²) in [6.45, 7) is 1.87. The van der Waals surface area contributed by atoms with Crippen molar-refractivity contribution in [2.45, 2.75) is 25.8 Å². The van der Waals surface area contributed by atoms with Crippen LogP contribution in [0.25, 0.3) is 0 Å². The van der Waals surface area contributed by atoms with Gasteiger partial charge >= 0.3 is 5.97 Å². The lowest BCUT2D eigenvalue weighted by Gasteiger charge is -2.25. The van der Waals surface area contributed by atoms with Crippen LogP contribution in [-0.2, 0) is 6.54 Å². The number of carboxylic acids is 1. The van der Waals surface area contributed by atoms with E-state index >= 15 is 0 Å². The maximum Gasteiger partial charge on any atom is 0.336 e. The predicted octanol–water partition coefficient (Wildman–Crippen LogP) is 2.34. The first kappa shape index (κ1) is 10.6. The van der Waals surface area contributed by atoms with Gasteiger partial charge in [-0.1, -0.05) is 6.42 Å². The molecule has 15 heavy (non-hydrogen) atoms. The van der Waals surface area contributed by atoms with Gasteiger partial charge in [0.15, 0.2) is 0 Å². The van der Waals surface area contributed by atoms with E-state index in [9.17, 15) is 4.79 Å². The summed E-state index contributed by atoms with van der Waals surface area (Å²) in [4.78, 5) is 11.7. The fourth-order valence-corrected chi connectivity index (χ4v) is 2.51. The molecule has 0 amide bonds. The van der Waals surface area contributed by atoms with E-state index in [0.717, 1.165) is 23.9 Å². The highest BCUT2D eigenvalue weighted by atomic mass is 32.1. The van der Waals surface area contributed by atoms with Crippen molar-refractivity contribution in [1.29, 1.82) is 0 Å². The first-order valence-electron chi connectivity index (χ1n) is 5.27. The molecule has 0 unspecified atom stereocenters. The van der Waals surface area contributed by atoms with Crippen LogP contribution in [0.4, 0.5) is 0 Å². The minimum Gasteiger partial charge on any atom is -0.478 e. The lowest BCUT2D eigenvalue weighted by molar-refractivity contribution is 0.0697. The van der Waals surface area contributed by atoms with Crippen LogP contribution in [0.5, 0.6) is 0 Å². The van der Waals surface area contributed by atoms with E-state index < -0.39 is 5.97 Å². The van der Waals surface area contributed by atoms with E-state index in [0.29, 0.717) is 5.56 Å². The van der Waals surface area contributed by atoms with Crippen molar-refractivity contribution in [2.75, 3.05) is 6.54 Å². The van der Waals surface area contributed by atoms with Crippen LogP contribution < -0.4 is 5.32 Å². The van der Waals surface area contributed by atoms with Crippen LogP contribution in [0.2, 0.25) is 0 Å². The molecule has 0 bridgehead atoms. The molecule has 0 atom stereocenters. The maximum absolute atomic E-state index is 10.6. The van der Waals surface area contributed by atoms with Gasteiger partial charge in [-0.15, -0.1) is 11.3 Å². The van der Waals surface area contributed by atoms with Crippen LogP contribution in [0.15, 0.2) is 11.4 Å². The highest BCUT2D eigenvalue weighted by Gasteiger charge is 2.16. The Labute approximate surface area is 93.1 Å². The zero-order chi connectivity index (χ0) is 10.7. The molecule has 1 aromatic rings. The Morgan fingerprint density at radius 2 is 2.40 bits per heavy atom. The van der Waals surface area contributed by atoms with E-state index in [1.54, 1.807) is 11.4 Å². The molecular formula is C11H15NO2S. The molecule has 0 radical (unpaired) electrons. The molecule has 0 aliphatic heterocycles. The summed E-state index contributed by atoms with van der Waals surface area (Å²) in [5, 5.41) is 13.8. The average Bonchev–Trinajstić information content (AvgIpc) is 2.57. The van der Waals surface area contributed by atoms with Crippen LogP contribution in [-0.4, -0.2) is 17.6 Å². The number of nitrogens with one attached hydrogen (secondary N) is 1. The fourth-order valence-electron chi connectivity index (χ4n) is 1.68. The predicted molar refractivity (Wildman–Crippen MR) is 60.3 cm³/mol. The third-order valence-corrected chi connectivity index (χ3v) is 3.79. The summed E-state index contributed by atoms with van der Waals surface area (Å²) in [5.74, 6) is 0.0143. The molecule has 2 rings (SSSR count). The van der Waals surface area contributed by atoms with E-state index in [2.05, 4.69) is 5.32 Å². The van der Waals surface area contributed by atoms with E-state index in [1.165, 1.54) is 30.6 Å². The average molecular weight is 225 g/mol. The minimum absolute atomic E-state index is 0.403. The quantitative estimate of drug-likeness (QED) is 0.808. The topological polar surface area (TPSA) is 49.3 Å². The van der Waals surface area contributed by atoms with E-state index in [1.807, 2.05) is 0 Å². The van der Waals surface area contributed by atoms with Gasteiger partial charge in [-0.3, -0.25) is 0 Å². The molecule has 3 nitrogen and oxygen atoms in total. The van der Waals surface area contributed by atoms with Gasteiger partial charge in [0, 0.05) is 16.8 Å². The van der Waals surface area contributed by atoms with Crippen LogP contribution in [0.3, 0.4) is 0 Å². The molecule has 1 fully saturated rings. The summed E-state index contributed by atoms with van der Waals surface area (Å²) in [5.41, 5.74) is 0.403. The summed E-state index contributed by atoms with van der Waals surface area (Å²) in [6.07, 6.45) is 4.06.